The number of rotatable bonds is 13. The molecule has 0 bridgehead atoms. The summed E-state index contributed by atoms with van der Waals surface area (Å²) >= 11 is 0. The molecule has 6 N–H and O–H groups in total. The molecule has 3 aromatic heterocycles. The molecule has 8 rings (SSSR count). The number of unbranched alkanes of at least 4 members (excludes halogenated alkanes) is 5. The third kappa shape index (κ3) is 7.39. The van der Waals surface area contributed by atoms with Gasteiger partial charge >= 0.3 is 0 Å². The number of nitrogens with two attached hydrogens (primary N) is 2. The van der Waals surface area contributed by atoms with Crippen molar-refractivity contribution in [1.82, 2.24) is 20.3 Å². The maximum atomic E-state index is 6.34. The SMILES string of the molecule is CC1=CC2=Nc3nc(C)c(N)cc3N(c3ccccc3)C2C=C1NCCCCCCCCNc1cc2c(cc1C)nc1nc(C)c(N)cc1[n+]2-c1ccccc1. The van der Waals surface area contributed by atoms with Gasteiger partial charge in [-0.05, 0) is 88.1 Å². The van der Waals surface area contributed by atoms with Crippen molar-refractivity contribution < 1.29 is 4.57 Å². The smallest absolute Gasteiger partial charge is 0.258 e. The summed E-state index contributed by atoms with van der Waals surface area (Å²) in [5, 5.41) is 7.47. The molecule has 0 saturated carbocycles. The van der Waals surface area contributed by atoms with Crippen molar-refractivity contribution in [2.24, 2.45) is 4.99 Å². The van der Waals surface area contributed by atoms with Gasteiger partial charge in [0.05, 0.1) is 40.2 Å². The highest BCUT2D eigenvalue weighted by Crippen LogP contribution is 2.42. The summed E-state index contributed by atoms with van der Waals surface area (Å²) in [7, 11) is 0. The number of nitrogen functional groups attached to an aromatic ring is 2. The van der Waals surface area contributed by atoms with Crippen molar-refractivity contribution in [3.05, 3.63) is 125 Å². The van der Waals surface area contributed by atoms with Crippen LogP contribution in [0.3, 0.4) is 0 Å². The lowest BCUT2D eigenvalue weighted by Crippen LogP contribution is -2.41. The van der Waals surface area contributed by atoms with Crippen LogP contribution in [0.2, 0.25) is 0 Å². The second kappa shape index (κ2) is 15.8. The Morgan fingerprint density at radius 2 is 1.36 bits per heavy atom. The Morgan fingerprint density at radius 3 is 2.11 bits per heavy atom. The number of fused-ring (bicyclic) bond motifs is 4. The van der Waals surface area contributed by atoms with Gasteiger partial charge < -0.3 is 27.0 Å². The van der Waals surface area contributed by atoms with Gasteiger partial charge in [-0.25, -0.2) is 19.9 Å². The van der Waals surface area contributed by atoms with Crippen LogP contribution in [0.5, 0.6) is 0 Å². The highest BCUT2D eigenvalue weighted by Gasteiger charge is 2.33. The molecule has 1 atom stereocenters. The highest BCUT2D eigenvalue weighted by atomic mass is 15.2. The minimum absolute atomic E-state index is 0.0470. The van der Waals surface area contributed by atoms with E-state index >= 15 is 0 Å². The van der Waals surface area contributed by atoms with Gasteiger partial charge in [-0.15, -0.1) is 4.57 Å². The predicted molar refractivity (Wildman–Crippen MR) is 231 cm³/mol. The molecule has 0 spiro atoms. The van der Waals surface area contributed by atoms with Crippen molar-refractivity contribution in [2.45, 2.75) is 72.3 Å². The lowest BCUT2D eigenvalue weighted by atomic mass is 9.94. The number of pyridine rings is 2. The summed E-state index contributed by atoms with van der Waals surface area (Å²) in [6.45, 7) is 10.0. The second-order valence-corrected chi connectivity index (χ2v) is 15.0. The number of anilines is 5. The van der Waals surface area contributed by atoms with Crippen LogP contribution in [0.25, 0.3) is 27.9 Å². The monoisotopic (exact) mass is 743 g/mol. The Balaban J connectivity index is 0.842. The maximum absolute atomic E-state index is 6.34. The van der Waals surface area contributed by atoms with E-state index in [1.165, 1.54) is 36.8 Å². The van der Waals surface area contributed by atoms with E-state index in [1.54, 1.807) is 0 Å². The molecule has 0 radical (unpaired) electrons. The average molecular weight is 744 g/mol. The standard InChI is InChI=1S/C46H50N10/c1-29-23-39-41(55(33-17-11-9-12-18-33)43-25-35(47)31(3)51-45(43)53-39)27-37(29)49-21-15-7-5-6-8-16-22-50-38-28-42-40(24-30(38)2)54-46-44(26-36(48)32(4)52-46)56(42)34-19-13-10-14-20-34/h9-14,17-20,23-28,41,49H,5-8,15-16,21-22,47H2,1-4H3,(H2,48,50)/p+1. The van der Waals surface area contributed by atoms with Crippen molar-refractivity contribution in [3.63, 3.8) is 0 Å². The number of hydrogen-bond donors (Lipinski definition) is 4. The van der Waals surface area contributed by atoms with Crippen LogP contribution in [-0.2, 0) is 0 Å². The Labute approximate surface area is 329 Å². The summed E-state index contributed by atoms with van der Waals surface area (Å²) in [5.41, 5.74) is 27.8. The Kier molecular flexibility index (Phi) is 10.4. The third-order valence-electron chi connectivity index (χ3n) is 10.9. The normalized spacial score (nSPS) is 14.9. The summed E-state index contributed by atoms with van der Waals surface area (Å²) < 4.78 is 2.22. The van der Waals surface area contributed by atoms with Crippen molar-refractivity contribution >= 4 is 62.2 Å². The van der Waals surface area contributed by atoms with Gasteiger partial charge in [-0.1, -0.05) is 62.1 Å². The molecule has 284 valence electrons. The molecule has 6 aromatic rings. The number of nitrogens with zero attached hydrogens (tertiary/aromatic N) is 6. The zero-order valence-corrected chi connectivity index (χ0v) is 32.8. The molecule has 0 amide bonds. The summed E-state index contributed by atoms with van der Waals surface area (Å²) in [4.78, 5) is 21.7. The number of aromatic nitrogens is 4. The van der Waals surface area contributed by atoms with Crippen LogP contribution in [-0.4, -0.2) is 39.8 Å². The number of nitrogens with one attached hydrogen (secondary N) is 2. The molecule has 56 heavy (non-hydrogen) atoms. The number of allylic oxidation sites excluding steroid dienone is 1. The van der Waals surface area contributed by atoms with E-state index in [2.05, 4.69) is 107 Å². The van der Waals surface area contributed by atoms with Crippen LogP contribution in [0.4, 0.5) is 34.3 Å². The number of hydrogen-bond acceptors (Lipinski definition) is 9. The van der Waals surface area contributed by atoms with Crippen molar-refractivity contribution in [1.29, 1.82) is 0 Å². The first-order valence-corrected chi connectivity index (χ1v) is 19.8. The molecule has 10 nitrogen and oxygen atoms in total. The molecule has 4 heterocycles. The number of aryl methyl sites for hydroxylation is 3. The van der Waals surface area contributed by atoms with Crippen LogP contribution < -0.4 is 31.6 Å². The van der Waals surface area contributed by atoms with E-state index < -0.39 is 0 Å². The zero-order chi connectivity index (χ0) is 38.8. The molecule has 10 heteroatoms. The number of benzene rings is 3. The molecular formula is C46H51N10+. The predicted octanol–water partition coefficient (Wildman–Crippen LogP) is 9.02. The summed E-state index contributed by atoms with van der Waals surface area (Å²) in [6, 6.07) is 29.1. The first kappa shape index (κ1) is 36.7. The molecule has 1 aliphatic carbocycles. The average Bonchev–Trinajstić information content (AvgIpc) is 3.19. The quantitative estimate of drug-likeness (QED) is 0.0523. The topological polar surface area (TPSA) is 134 Å². The molecule has 0 saturated heterocycles. The fourth-order valence-corrected chi connectivity index (χ4v) is 7.77. The lowest BCUT2D eigenvalue weighted by Gasteiger charge is -2.38. The van der Waals surface area contributed by atoms with Crippen LogP contribution in [0.15, 0.2) is 113 Å². The lowest BCUT2D eigenvalue weighted by molar-refractivity contribution is -0.538. The molecule has 0 fully saturated rings. The van der Waals surface area contributed by atoms with Crippen LogP contribution in [0.1, 0.15) is 62.4 Å². The van der Waals surface area contributed by atoms with E-state index in [0.717, 1.165) is 88.0 Å². The largest absolute Gasteiger partial charge is 0.397 e. The molecule has 3 aromatic carbocycles. The fourth-order valence-electron chi connectivity index (χ4n) is 7.77. The second-order valence-electron chi connectivity index (χ2n) is 15.0. The zero-order valence-electron chi connectivity index (χ0n) is 32.8. The van der Waals surface area contributed by atoms with Crippen LogP contribution >= 0.6 is 0 Å². The Morgan fingerprint density at radius 1 is 0.696 bits per heavy atom. The third-order valence-corrected chi connectivity index (χ3v) is 10.9. The van der Waals surface area contributed by atoms with E-state index in [1.807, 2.05) is 38.1 Å². The van der Waals surface area contributed by atoms with Gasteiger partial charge in [0.1, 0.15) is 5.52 Å². The van der Waals surface area contributed by atoms with Gasteiger partial charge in [0.2, 0.25) is 16.9 Å². The summed E-state index contributed by atoms with van der Waals surface area (Å²) in [6.07, 6.45) is 11.6. The first-order chi connectivity index (χ1) is 27.2. The van der Waals surface area contributed by atoms with Gasteiger partial charge in [0.25, 0.3) is 5.52 Å². The minimum atomic E-state index is -0.0470. The van der Waals surface area contributed by atoms with E-state index in [0.29, 0.717) is 22.8 Å². The van der Waals surface area contributed by atoms with Crippen molar-refractivity contribution in [3.8, 4) is 5.69 Å². The molecule has 1 aliphatic heterocycles. The molecular weight excluding hydrogens is 693 g/mol. The molecule has 1 unspecified atom stereocenters. The van der Waals surface area contributed by atoms with Crippen LogP contribution in [0, 0.1) is 20.8 Å². The fraction of sp³-hybridized carbons (Fsp3) is 0.283. The van der Waals surface area contributed by atoms with Gasteiger partial charge in [0.15, 0.2) is 5.82 Å². The number of aliphatic imine (C=N–C) groups is 1. The minimum Gasteiger partial charge on any atom is -0.397 e. The van der Waals surface area contributed by atoms with E-state index in [4.69, 9.17) is 31.4 Å². The van der Waals surface area contributed by atoms with E-state index in [-0.39, 0.29) is 6.04 Å². The van der Waals surface area contributed by atoms with Gasteiger partial charge in [-0.2, -0.15) is 0 Å². The van der Waals surface area contributed by atoms with Gasteiger partial charge in [-0.3, -0.25) is 0 Å². The highest BCUT2D eigenvalue weighted by molar-refractivity contribution is 6.10. The maximum Gasteiger partial charge on any atom is 0.258 e. The molecule has 2 aliphatic rings. The Bertz CT molecular complexity index is 2510. The van der Waals surface area contributed by atoms with E-state index in [9.17, 15) is 0 Å². The first-order valence-electron chi connectivity index (χ1n) is 19.8. The van der Waals surface area contributed by atoms with Gasteiger partial charge in [0, 0.05) is 54.4 Å². The summed E-state index contributed by atoms with van der Waals surface area (Å²) in [5.74, 6) is 0.711. The Hall–Kier alpha value is -6.29. The van der Waals surface area contributed by atoms with Crippen molar-refractivity contribution in [2.75, 3.05) is 34.8 Å². The number of para-hydroxylation sites is 2.